The van der Waals surface area contributed by atoms with Gasteiger partial charge in [0.15, 0.2) is 0 Å². The number of H-pyrrole nitrogens is 1. The van der Waals surface area contributed by atoms with E-state index in [9.17, 15) is 4.79 Å². The summed E-state index contributed by atoms with van der Waals surface area (Å²) in [5, 5.41) is 0. The van der Waals surface area contributed by atoms with E-state index in [0.717, 1.165) is 0 Å². The van der Waals surface area contributed by atoms with Gasteiger partial charge in [-0.3, -0.25) is 9.78 Å². The van der Waals surface area contributed by atoms with Crippen molar-refractivity contribution in [1.29, 1.82) is 0 Å². The molecule has 0 aliphatic carbocycles. The van der Waals surface area contributed by atoms with Crippen molar-refractivity contribution in [1.82, 2.24) is 15.0 Å². The number of hydrogen-bond donors (Lipinski definition) is 2. The average molecular weight is 218 g/mol. The summed E-state index contributed by atoms with van der Waals surface area (Å²) in [7, 11) is 1.51. The summed E-state index contributed by atoms with van der Waals surface area (Å²) < 4.78 is 4.95. The van der Waals surface area contributed by atoms with E-state index < -0.39 is 0 Å². The number of anilines is 1. The summed E-state index contributed by atoms with van der Waals surface area (Å²) in [5.74, 6) is 0.405. The normalized spacial score (nSPS) is 10.1. The first-order chi connectivity index (χ1) is 7.70. The van der Waals surface area contributed by atoms with Crippen LogP contribution in [0.2, 0.25) is 0 Å². The molecule has 0 atom stereocenters. The molecule has 6 heteroatoms. The van der Waals surface area contributed by atoms with Gasteiger partial charge in [0.25, 0.3) is 5.56 Å². The van der Waals surface area contributed by atoms with Gasteiger partial charge < -0.3 is 15.5 Å². The number of pyridine rings is 1. The van der Waals surface area contributed by atoms with Crippen LogP contribution in [0.5, 0.6) is 5.88 Å². The van der Waals surface area contributed by atoms with Gasteiger partial charge in [-0.2, -0.15) is 0 Å². The number of aromatic amines is 1. The van der Waals surface area contributed by atoms with Gasteiger partial charge in [0.1, 0.15) is 0 Å². The highest BCUT2D eigenvalue weighted by Crippen LogP contribution is 2.17. The number of rotatable bonds is 2. The molecule has 0 saturated heterocycles. The van der Waals surface area contributed by atoms with Crippen molar-refractivity contribution >= 4 is 5.69 Å². The lowest BCUT2D eigenvalue weighted by Crippen LogP contribution is -2.10. The van der Waals surface area contributed by atoms with Gasteiger partial charge in [0.05, 0.1) is 30.9 Å². The summed E-state index contributed by atoms with van der Waals surface area (Å²) in [6.07, 6.45) is 4.59. The fourth-order valence-corrected chi connectivity index (χ4v) is 1.23. The van der Waals surface area contributed by atoms with Crippen molar-refractivity contribution in [2.75, 3.05) is 12.8 Å². The predicted molar refractivity (Wildman–Crippen MR) is 59.1 cm³/mol. The van der Waals surface area contributed by atoms with Crippen molar-refractivity contribution in [2.45, 2.75) is 0 Å². The maximum absolute atomic E-state index is 11.1. The molecule has 2 aromatic rings. The quantitative estimate of drug-likeness (QED) is 0.762. The minimum atomic E-state index is -0.320. The maximum Gasteiger partial charge on any atom is 0.271 e. The minimum Gasteiger partial charge on any atom is -0.480 e. The minimum absolute atomic E-state index is 0.141. The number of hydrogen-bond acceptors (Lipinski definition) is 5. The molecule has 2 aromatic heterocycles. The van der Waals surface area contributed by atoms with E-state index in [-0.39, 0.29) is 11.2 Å². The van der Waals surface area contributed by atoms with Crippen molar-refractivity contribution in [2.24, 2.45) is 0 Å². The second-order valence-electron chi connectivity index (χ2n) is 3.12. The summed E-state index contributed by atoms with van der Waals surface area (Å²) in [4.78, 5) is 21.7. The molecule has 0 radical (unpaired) electrons. The highest BCUT2D eigenvalue weighted by atomic mass is 16.5. The number of nitrogens with one attached hydrogen (secondary N) is 1. The van der Waals surface area contributed by atoms with Gasteiger partial charge in [-0.15, -0.1) is 0 Å². The molecule has 82 valence electrons. The molecule has 0 aromatic carbocycles. The zero-order chi connectivity index (χ0) is 11.5. The third-order valence-corrected chi connectivity index (χ3v) is 2.05. The van der Waals surface area contributed by atoms with E-state index in [0.29, 0.717) is 17.1 Å². The third-order valence-electron chi connectivity index (χ3n) is 2.05. The second kappa shape index (κ2) is 4.01. The molecule has 0 bridgehead atoms. The fourth-order valence-electron chi connectivity index (χ4n) is 1.23. The summed E-state index contributed by atoms with van der Waals surface area (Å²) in [6.45, 7) is 0. The molecule has 3 N–H and O–H groups in total. The van der Waals surface area contributed by atoms with Crippen LogP contribution in [0.25, 0.3) is 11.3 Å². The maximum atomic E-state index is 11.1. The van der Waals surface area contributed by atoms with E-state index in [1.54, 1.807) is 12.3 Å². The van der Waals surface area contributed by atoms with E-state index in [1.165, 1.54) is 19.5 Å². The molecule has 0 unspecified atom stereocenters. The largest absolute Gasteiger partial charge is 0.480 e. The fraction of sp³-hybridized carbons (Fsp3) is 0.100. The lowest BCUT2D eigenvalue weighted by Gasteiger charge is -2.03. The second-order valence-corrected chi connectivity index (χ2v) is 3.12. The average Bonchev–Trinajstić information content (AvgIpc) is 2.33. The van der Waals surface area contributed by atoms with Gasteiger partial charge in [-0.25, -0.2) is 4.98 Å². The summed E-state index contributed by atoms with van der Waals surface area (Å²) >= 11 is 0. The molecule has 0 aliphatic rings. The number of methoxy groups -OCH3 is 1. The van der Waals surface area contributed by atoms with Crippen molar-refractivity contribution < 1.29 is 4.74 Å². The molecule has 0 amide bonds. The van der Waals surface area contributed by atoms with Crippen LogP contribution >= 0.6 is 0 Å². The number of aromatic nitrogens is 3. The first kappa shape index (κ1) is 10.2. The Morgan fingerprint density at radius 3 is 2.94 bits per heavy atom. The van der Waals surface area contributed by atoms with Crippen LogP contribution in [0.1, 0.15) is 0 Å². The molecular formula is C10H10N4O2. The molecule has 0 saturated carbocycles. The van der Waals surface area contributed by atoms with Crippen LogP contribution in [-0.4, -0.2) is 22.1 Å². The van der Waals surface area contributed by atoms with Gasteiger partial charge in [-0.1, -0.05) is 0 Å². The Balaban J connectivity index is 2.50. The Morgan fingerprint density at radius 2 is 2.25 bits per heavy atom. The van der Waals surface area contributed by atoms with Gasteiger partial charge >= 0.3 is 0 Å². The number of nitrogens with zero attached hydrogens (tertiary/aromatic N) is 2. The zero-order valence-corrected chi connectivity index (χ0v) is 8.60. The molecule has 2 heterocycles. The smallest absolute Gasteiger partial charge is 0.271 e. The summed E-state index contributed by atoms with van der Waals surface area (Å²) in [5.41, 5.74) is 6.60. The number of nitrogen functional groups attached to an aromatic ring is 1. The monoisotopic (exact) mass is 218 g/mol. The van der Waals surface area contributed by atoms with Crippen LogP contribution < -0.4 is 16.0 Å². The molecule has 0 aliphatic heterocycles. The standard InChI is InChI=1S/C10H10N4O2/c1-16-9-5-12-4-8(14-9)6-2-7(11)10(15)13-3-6/h2-5H,11H2,1H3,(H,13,15). The molecule has 6 nitrogen and oxygen atoms in total. The molecular weight excluding hydrogens is 208 g/mol. The van der Waals surface area contributed by atoms with Crippen LogP contribution in [0, 0.1) is 0 Å². The Bertz CT molecular complexity index is 565. The van der Waals surface area contributed by atoms with Crippen LogP contribution in [-0.2, 0) is 0 Å². The first-order valence-electron chi connectivity index (χ1n) is 4.55. The van der Waals surface area contributed by atoms with Crippen LogP contribution in [0.15, 0.2) is 29.5 Å². The van der Waals surface area contributed by atoms with Gasteiger partial charge in [0.2, 0.25) is 5.88 Å². The predicted octanol–water partition coefficient (Wildman–Crippen LogP) is 0.423. The van der Waals surface area contributed by atoms with E-state index in [1.807, 2.05) is 0 Å². The lowest BCUT2D eigenvalue weighted by molar-refractivity contribution is 0.396. The van der Waals surface area contributed by atoms with Gasteiger partial charge in [-0.05, 0) is 6.07 Å². The highest BCUT2D eigenvalue weighted by molar-refractivity contribution is 5.61. The highest BCUT2D eigenvalue weighted by Gasteiger charge is 2.04. The molecule has 0 fully saturated rings. The first-order valence-corrected chi connectivity index (χ1v) is 4.55. The third kappa shape index (κ3) is 1.85. The van der Waals surface area contributed by atoms with Gasteiger partial charge in [0, 0.05) is 11.8 Å². The van der Waals surface area contributed by atoms with E-state index >= 15 is 0 Å². The van der Waals surface area contributed by atoms with Crippen molar-refractivity contribution in [3.05, 3.63) is 35.0 Å². The molecule has 16 heavy (non-hydrogen) atoms. The molecule has 2 rings (SSSR count). The number of nitrogens with two attached hydrogens (primary N) is 1. The van der Waals surface area contributed by atoms with Crippen molar-refractivity contribution in [3.63, 3.8) is 0 Å². The lowest BCUT2D eigenvalue weighted by atomic mass is 10.2. The SMILES string of the molecule is COc1cncc(-c2c[nH]c(=O)c(N)c2)n1. The van der Waals surface area contributed by atoms with Crippen molar-refractivity contribution in [3.8, 4) is 17.1 Å². The topological polar surface area (TPSA) is 93.9 Å². The Kier molecular flexibility index (Phi) is 2.55. The van der Waals surface area contributed by atoms with Crippen LogP contribution in [0.3, 0.4) is 0 Å². The zero-order valence-electron chi connectivity index (χ0n) is 8.60. The van der Waals surface area contributed by atoms with Crippen LogP contribution in [0.4, 0.5) is 5.69 Å². The van der Waals surface area contributed by atoms with E-state index in [4.69, 9.17) is 10.5 Å². The Hall–Kier alpha value is -2.37. The Morgan fingerprint density at radius 1 is 1.44 bits per heavy atom. The molecule has 0 spiro atoms. The Labute approximate surface area is 91.1 Å². The summed E-state index contributed by atoms with van der Waals surface area (Å²) in [6, 6.07) is 1.54. The number of ether oxygens (including phenoxy) is 1. The van der Waals surface area contributed by atoms with E-state index in [2.05, 4.69) is 15.0 Å².